The quantitative estimate of drug-likeness (QED) is 0.786. The summed E-state index contributed by atoms with van der Waals surface area (Å²) < 4.78 is 17.1. The van der Waals surface area contributed by atoms with E-state index in [1.54, 1.807) is 24.5 Å². The van der Waals surface area contributed by atoms with Gasteiger partial charge in [-0.1, -0.05) is 48.5 Å². The van der Waals surface area contributed by atoms with Gasteiger partial charge in [0.25, 0.3) is 0 Å². The van der Waals surface area contributed by atoms with Gasteiger partial charge < -0.3 is 14.2 Å². The van der Waals surface area contributed by atoms with Gasteiger partial charge in [0.2, 0.25) is 0 Å². The van der Waals surface area contributed by atoms with Crippen LogP contribution in [0.3, 0.4) is 0 Å². The first-order valence-corrected chi connectivity index (χ1v) is 7.98. The van der Waals surface area contributed by atoms with Gasteiger partial charge in [-0.15, -0.1) is 0 Å². The predicted octanol–water partition coefficient (Wildman–Crippen LogP) is 3.73. The maximum Gasteiger partial charge on any atom is 0.338 e. The van der Waals surface area contributed by atoms with E-state index in [1.165, 1.54) is 0 Å². The lowest BCUT2D eigenvalue weighted by molar-refractivity contribution is -0.106. The Morgan fingerprint density at radius 2 is 1.71 bits per heavy atom. The van der Waals surface area contributed by atoms with Gasteiger partial charge in [-0.25, -0.2) is 4.79 Å². The zero-order valence-electron chi connectivity index (χ0n) is 13.5. The minimum Gasteiger partial charge on any atom is -0.496 e. The van der Waals surface area contributed by atoms with E-state index in [0.717, 1.165) is 5.56 Å². The molecule has 0 saturated heterocycles. The molecule has 2 aromatic rings. The van der Waals surface area contributed by atoms with Gasteiger partial charge in [0.05, 0.1) is 18.4 Å². The Bertz CT molecular complexity index is 681. The highest BCUT2D eigenvalue weighted by Crippen LogP contribution is 2.21. The molecule has 4 nitrogen and oxygen atoms in total. The van der Waals surface area contributed by atoms with E-state index in [4.69, 9.17) is 14.2 Å². The third kappa shape index (κ3) is 4.03. The Hall–Kier alpha value is -2.59. The van der Waals surface area contributed by atoms with Crippen LogP contribution >= 0.6 is 0 Å². The average molecular weight is 324 g/mol. The van der Waals surface area contributed by atoms with Crippen molar-refractivity contribution in [2.75, 3.05) is 0 Å². The standard InChI is InChI=1S/C20H20O4/c1-15-19(23-14-16-8-4-2-5-9-16)18(12-13-22-15)24-20(21)17-10-6-3-7-11-17/h2-13,15,18-19H,14H2,1H3/t15-,18+,19+/m0/s1. The monoisotopic (exact) mass is 324 g/mol. The lowest BCUT2D eigenvalue weighted by Crippen LogP contribution is -2.43. The van der Waals surface area contributed by atoms with E-state index >= 15 is 0 Å². The summed E-state index contributed by atoms with van der Waals surface area (Å²) in [7, 11) is 0. The predicted molar refractivity (Wildman–Crippen MR) is 90.4 cm³/mol. The molecule has 1 aliphatic rings. The molecule has 0 radical (unpaired) electrons. The summed E-state index contributed by atoms with van der Waals surface area (Å²) in [6, 6.07) is 18.8. The summed E-state index contributed by atoms with van der Waals surface area (Å²) in [5, 5.41) is 0. The Morgan fingerprint density at radius 3 is 2.42 bits per heavy atom. The molecule has 0 fully saturated rings. The molecule has 1 heterocycles. The van der Waals surface area contributed by atoms with Crippen LogP contribution in [0.1, 0.15) is 22.8 Å². The van der Waals surface area contributed by atoms with Crippen LogP contribution in [0.5, 0.6) is 0 Å². The molecule has 0 saturated carbocycles. The summed E-state index contributed by atoms with van der Waals surface area (Å²) in [4.78, 5) is 12.3. The van der Waals surface area contributed by atoms with Crippen LogP contribution in [0, 0.1) is 0 Å². The second kappa shape index (κ2) is 7.79. The van der Waals surface area contributed by atoms with E-state index < -0.39 is 6.10 Å². The fourth-order valence-electron chi connectivity index (χ4n) is 2.57. The summed E-state index contributed by atoms with van der Waals surface area (Å²) in [5.41, 5.74) is 1.58. The Balaban J connectivity index is 1.66. The topological polar surface area (TPSA) is 44.8 Å². The molecule has 0 spiro atoms. The first-order valence-electron chi connectivity index (χ1n) is 7.98. The van der Waals surface area contributed by atoms with Crippen molar-refractivity contribution in [1.29, 1.82) is 0 Å². The number of hydrogen-bond acceptors (Lipinski definition) is 4. The van der Waals surface area contributed by atoms with E-state index in [2.05, 4.69) is 0 Å². The van der Waals surface area contributed by atoms with Gasteiger partial charge in [0.15, 0.2) is 6.10 Å². The molecule has 0 amide bonds. The largest absolute Gasteiger partial charge is 0.496 e. The number of benzene rings is 2. The minimum atomic E-state index is -0.481. The summed E-state index contributed by atoms with van der Waals surface area (Å²) in [6.07, 6.45) is 2.24. The molecular weight excluding hydrogens is 304 g/mol. The van der Waals surface area contributed by atoms with E-state index in [0.29, 0.717) is 12.2 Å². The van der Waals surface area contributed by atoms with E-state index in [-0.39, 0.29) is 18.2 Å². The molecule has 4 heteroatoms. The smallest absolute Gasteiger partial charge is 0.338 e. The molecule has 0 bridgehead atoms. The zero-order valence-corrected chi connectivity index (χ0v) is 13.5. The van der Waals surface area contributed by atoms with Crippen LogP contribution in [0.2, 0.25) is 0 Å². The first kappa shape index (κ1) is 16.3. The number of rotatable bonds is 5. The van der Waals surface area contributed by atoms with Crippen LogP contribution in [0.4, 0.5) is 0 Å². The first-order chi connectivity index (χ1) is 11.7. The lowest BCUT2D eigenvalue weighted by atomic mass is 10.1. The third-order valence-electron chi connectivity index (χ3n) is 3.89. The van der Waals surface area contributed by atoms with Crippen molar-refractivity contribution in [3.8, 4) is 0 Å². The van der Waals surface area contributed by atoms with Crippen LogP contribution in [0.15, 0.2) is 73.0 Å². The van der Waals surface area contributed by atoms with Crippen molar-refractivity contribution in [3.63, 3.8) is 0 Å². The van der Waals surface area contributed by atoms with Crippen molar-refractivity contribution in [1.82, 2.24) is 0 Å². The molecule has 24 heavy (non-hydrogen) atoms. The molecule has 0 N–H and O–H groups in total. The SMILES string of the molecule is C[C@@H]1OC=C[C@@H](OC(=O)c2ccccc2)[C@@H]1OCc1ccccc1. The van der Waals surface area contributed by atoms with E-state index in [9.17, 15) is 4.79 Å². The Morgan fingerprint density at radius 1 is 1.04 bits per heavy atom. The zero-order chi connectivity index (χ0) is 16.8. The molecule has 124 valence electrons. The van der Waals surface area contributed by atoms with Crippen LogP contribution in [0.25, 0.3) is 0 Å². The molecule has 3 rings (SSSR count). The van der Waals surface area contributed by atoms with Crippen LogP contribution < -0.4 is 0 Å². The molecule has 0 aliphatic carbocycles. The van der Waals surface area contributed by atoms with Crippen molar-refractivity contribution >= 4 is 5.97 Å². The van der Waals surface area contributed by atoms with Gasteiger partial charge in [0.1, 0.15) is 12.2 Å². The van der Waals surface area contributed by atoms with E-state index in [1.807, 2.05) is 55.5 Å². The molecular formula is C20H20O4. The number of carbonyl (C=O) groups excluding carboxylic acids is 1. The van der Waals surface area contributed by atoms with Crippen LogP contribution in [-0.2, 0) is 20.8 Å². The molecule has 3 atom stereocenters. The van der Waals surface area contributed by atoms with Gasteiger partial charge in [0, 0.05) is 0 Å². The summed E-state index contributed by atoms with van der Waals surface area (Å²) >= 11 is 0. The van der Waals surface area contributed by atoms with Crippen molar-refractivity contribution < 1.29 is 19.0 Å². The molecule has 2 aromatic carbocycles. The normalized spacial score (nSPS) is 22.6. The van der Waals surface area contributed by atoms with Crippen molar-refractivity contribution in [2.45, 2.75) is 31.8 Å². The van der Waals surface area contributed by atoms with Gasteiger partial charge >= 0.3 is 5.97 Å². The highest BCUT2D eigenvalue weighted by molar-refractivity contribution is 5.89. The fraction of sp³-hybridized carbons (Fsp3) is 0.250. The lowest BCUT2D eigenvalue weighted by Gasteiger charge is -2.32. The van der Waals surface area contributed by atoms with Gasteiger partial charge in [-0.05, 0) is 30.7 Å². The average Bonchev–Trinajstić information content (AvgIpc) is 2.63. The van der Waals surface area contributed by atoms with Crippen LogP contribution in [-0.4, -0.2) is 24.3 Å². The number of esters is 1. The number of ether oxygens (including phenoxy) is 3. The minimum absolute atomic E-state index is 0.202. The third-order valence-corrected chi connectivity index (χ3v) is 3.89. The summed E-state index contributed by atoms with van der Waals surface area (Å²) in [6.45, 7) is 2.34. The van der Waals surface area contributed by atoms with Crippen molar-refractivity contribution in [3.05, 3.63) is 84.1 Å². The maximum absolute atomic E-state index is 12.3. The van der Waals surface area contributed by atoms with Gasteiger partial charge in [-0.2, -0.15) is 0 Å². The number of hydrogen-bond donors (Lipinski definition) is 0. The molecule has 0 unspecified atom stereocenters. The second-order valence-electron chi connectivity index (χ2n) is 5.67. The highest BCUT2D eigenvalue weighted by atomic mass is 16.6. The summed E-state index contributed by atoms with van der Waals surface area (Å²) in [5.74, 6) is -0.368. The number of carbonyl (C=O) groups is 1. The fourth-order valence-corrected chi connectivity index (χ4v) is 2.57. The molecule has 1 aliphatic heterocycles. The van der Waals surface area contributed by atoms with Crippen molar-refractivity contribution in [2.24, 2.45) is 0 Å². The molecule has 0 aromatic heterocycles. The van der Waals surface area contributed by atoms with Gasteiger partial charge in [-0.3, -0.25) is 0 Å². The highest BCUT2D eigenvalue weighted by Gasteiger charge is 2.33. The maximum atomic E-state index is 12.3. The Labute approximate surface area is 141 Å². The Kier molecular flexibility index (Phi) is 5.29. The second-order valence-corrected chi connectivity index (χ2v) is 5.67.